The van der Waals surface area contributed by atoms with E-state index in [4.69, 9.17) is 9.73 Å². The molecule has 1 heterocycles. The lowest BCUT2D eigenvalue weighted by molar-refractivity contribution is 0.114. The lowest BCUT2D eigenvalue weighted by atomic mass is 10.1. The van der Waals surface area contributed by atoms with Gasteiger partial charge in [0.15, 0.2) is 5.96 Å². The van der Waals surface area contributed by atoms with Gasteiger partial charge >= 0.3 is 0 Å². The minimum absolute atomic E-state index is 0. The maximum atomic E-state index is 9.92. The molecule has 2 fully saturated rings. The van der Waals surface area contributed by atoms with E-state index in [1.807, 2.05) is 6.92 Å². The molecule has 2 aliphatic rings. The average Bonchev–Trinajstić information content (AvgIpc) is 3.10. The maximum absolute atomic E-state index is 9.92. The number of aliphatic hydroxyl groups is 1. The highest BCUT2D eigenvalue weighted by molar-refractivity contribution is 14.0. The van der Waals surface area contributed by atoms with Gasteiger partial charge in [0.2, 0.25) is 0 Å². The summed E-state index contributed by atoms with van der Waals surface area (Å²) in [7, 11) is 0. The molecular formula is C16H32IN3O2. The molecule has 1 aliphatic carbocycles. The Bertz CT molecular complexity index is 341. The number of hydrogen-bond acceptors (Lipinski definition) is 3. The SMILES string of the molecule is CCNC(=NCC1CCCC1O)N1CCC(COCC)C1.I. The molecule has 0 spiro atoms. The van der Waals surface area contributed by atoms with Gasteiger partial charge in [-0.05, 0) is 33.1 Å². The van der Waals surface area contributed by atoms with E-state index in [9.17, 15) is 5.11 Å². The molecule has 3 atom stereocenters. The zero-order chi connectivity index (χ0) is 15.1. The highest BCUT2D eigenvalue weighted by Gasteiger charge is 2.27. The van der Waals surface area contributed by atoms with Crippen LogP contribution in [0.25, 0.3) is 0 Å². The number of rotatable bonds is 6. The predicted molar refractivity (Wildman–Crippen MR) is 101 cm³/mol. The number of aliphatic hydroxyl groups excluding tert-OH is 1. The van der Waals surface area contributed by atoms with E-state index in [2.05, 4.69) is 17.1 Å². The van der Waals surface area contributed by atoms with Crippen molar-refractivity contribution in [3.8, 4) is 0 Å². The Morgan fingerprint density at radius 2 is 2.14 bits per heavy atom. The molecule has 22 heavy (non-hydrogen) atoms. The zero-order valence-electron chi connectivity index (χ0n) is 14.0. The van der Waals surface area contributed by atoms with Crippen LogP contribution in [0.2, 0.25) is 0 Å². The van der Waals surface area contributed by atoms with Gasteiger partial charge in [0, 0.05) is 44.6 Å². The van der Waals surface area contributed by atoms with Crippen molar-refractivity contribution in [2.45, 2.75) is 45.6 Å². The third-order valence-electron chi connectivity index (χ3n) is 4.57. The van der Waals surface area contributed by atoms with Crippen molar-refractivity contribution in [2.24, 2.45) is 16.8 Å². The Morgan fingerprint density at radius 1 is 1.32 bits per heavy atom. The van der Waals surface area contributed by atoms with Crippen molar-refractivity contribution in [3.05, 3.63) is 0 Å². The summed E-state index contributed by atoms with van der Waals surface area (Å²) in [5.41, 5.74) is 0. The van der Waals surface area contributed by atoms with Crippen molar-refractivity contribution in [1.29, 1.82) is 0 Å². The summed E-state index contributed by atoms with van der Waals surface area (Å²) in [5.74, 6) is 1.97. The van der Waals surface area contributed by atoms with Crippen molar-refractivity contribution >= 4 is 29.9 Å². The van der Waals surface area contributed by atoms with Crippen LogP contribution in [0.4, 0.5) is 0 Å². The molecule has 0 aromatic rings. The summed E-state index contributed by atoms with van der Waals surface area (Å²) >= 11 is 0. The molecule has 1 saturated heterocycles. The Hall–Kier alpha value is -0.0800. The monoisotopic (exact) mass is 425 g/mol. The van der Waals surface area contributed by atoms with Crippen LogP contribution in [0.5, 0.6) is 0 Å². The van der Waals surface area contributed by atoms with Crippen molar-refractivity contribution < 1.29 is 9.84 Å². The number of ether oxygens (including phenoxy) is 1. The van der Waals surface area contributed by atoms with Gasteiger partial charge in [-0.15, -0.1) is 24.0 Å². The number of nitrogens with zero attached hydrogens (tertiary/aromatic N) is 2. The second-order valence-electron chi connectivity index (χ2n) is 6.21. The number of aliphatic imine (C=N–C) groups is 1. The van der Waals surface area contributed by atoms with Gasteiger partial charge in [-0.25, -0.2) is 0 Å². The van der Waals surface area contributed by atoms with Gasteiger partial charge in [0.05, 0.1) is 12.7 Å². The summed E-state index contributed by atoms with van der Waals surface area (Å²) < 4.78 is 5.54. The van der Waals surface area contributed by atoms with E-state index < -0.39 is 0 Å². The van der Waals surface area contributed by atoms with E-state index in [0.717, 1.165) is 64.6 Å². The number of nitrogens with one attached hydrogen (secondary N) is 1. The third kappa shape index (κ3) is 5.85. The fraction of sp³-hybridized carbons (Fsp3) is 0.938. The normalized spacial score (nSPS) is 28.8. The molecule has 3 unspecified atom stereocenters. The van der Waals surface area contributed by atoms with Crippen molar-refractivity contribution in [3.63, 3.8) is 0 Å². The molecule has 2 rings (SSSR count). The maximum Gasteiger partial charge on any atom is 0.193 e. The van der Waals surface area contributed by atoms with Gasteiger partial charge in [0.1, 0.15) is 0 Å². The van der Waals surface area contributed by atoms with E-state index >= 15 is 0 Å². The van der Waals surface area contributed by atoms with Crippen molar-refractivity contribution in [2.75, 3.05) is 39.4 Å². The van der Waals surface area contributed by atoms with Gasteiger partial charge in [-0.1, -0.05) is 6.42 Å². The molecule has 1 aliphatic heterocycles. The van der Waals surface area contributed by atoms with Crippen LogP contribution in [-0.2, 0) is 4.74 Å². The van der Waals surface area contributed by atoms with Crippen LogP contribution in [-0.4, -0.2) is 61.5 Å². The summed E-state index contributed by atoms with van der Waals surface area (Å²) in [4.78, 5) is 7.12. The van der Waals surface area contributed by atoms with E-state index in [0.29, 0.717) is 11.8 Å². The summed E-state index contributed by atoms with van der Waals surface area (Å²) in [6, 6.07) is 0. The highest BCUT2D eigenvalue weighted by atomic mass is 127. The van der Waals surface area contributed by atoms with Crippen LogP contribution in [0, 0.1) is 11.8 Å². The molecule has 5 nitrogen and oxygen atoms in total. The van der Waals surface area contributed by atoms with E-state index in [1.54, 1.807) is 0 Å². The fourth-order valence-electron chi connectivity index (χ4n) is 3.31. The molecule has 130 valence electrons. The highest BCUT2D eigenvalue weighted by Crippen LogP contribution is 2.26. The zero-order valence-corrected chi connectivity index (χ0v) is 16.3. The average molecular weight is 425 g/mol. The number of hydrogen-bond donors (Lipinski definition) is 2. The lowest BCUT2D eigenvalue weighted by Gasteiger charge is -2.22. The topological polar surface area (TPSA) is 57.1 Å². The minimum atomic E-state index is -0.152. The number of guanidine groups is 1. The largest absolute Gasteiger partial charge is 0.393 e. The fourth-order valence-corrected chi connectivity index (χ4v) is 3.31. The Balaban J connectivity index is 0.00000242. The number of halogens is 1. The summed E-state index contributed by atoms with van der Waals surface area (Å²) in [6.07, 6.45) is 4.21. The standard InChI is InChI=1S/C16H31N3O2.HI/c1-3-17-16(18-10-14-6-5-7-15(14)20)19-9-8-13(11-19)12-21-4-2;/h13-15,20H,3-12H2,1-2H3,(H,17,18);1H. The minimum Gasteiger partial charge on any atom is -0.393 e. The predicted octanol–water partition coefficient (Wildman–Crippen LogP) is 2.09. The van der Waals surface area contributed by atoms with Crippen LogP contribution < -0.4 is 5.32 Å². The van der Waals surface area contributed by atoms with E-state index in [-0.39, 0.29) is 30.1 Å². The Labute approximate surface area is 151 Å². The summed E-state index contributed by atoms with van der Waals surface area (Å²) in [6.45, 7) is 9.52. The third-order valence-corrected chi connectivity index (χ3v) is 4.57. The lowest BCUT2D eigenvalue weighted by Crippen LogP contribution is -2.40. The molecule has 0 aromatic heterocycles. The molecule has 2 N–H and O–H groups in total. The van der Waals surface area contributed by atoms with Gasteiger partial charge in [-0.3, -0.25) is 4.99 Å². The second-order valence-corrected chi connectivity index (χ2v) is 6.21. The molecule has 0 radical (unpaired) electrons. The Morgan fingerprint density at radius 3 is 2.77 bits per heavy atom. The van der Waals surface area contributed by atoms with Gasteiger partial charge < -0.3 is 20.1 Å². The van der Waals surface area contributed by atoms with Crippen LogP contribution in [0.3, 0.4) is 0 Å². The Kier molecular flexibility index (Phi) is 9.66. The first-order chi connectivity index (χ1) is 10.2. The molecule has 0 amide bonds. The quantitative estimate of drug-likeness (QED) is 0.389. The first kappa shape index (κ1) is 20.0. The number of likely N-dealkylation sites (tertiary alicyclic amines) is 1. The van der Waals surface area contributed by atoms with Crippen molar-refractivity contribution in [1.82, 2.24) is 10.2 Å². The van der Waals surface area contributed by atoms with Crippen LogP contribution in [0.15, 0.2) is 4.99 Å². The molecule has 1 saturated carbocycles. The first-order valence-electron chi connectivity index (χ1n) is 8.53. The first-order valence-corrected chi connectivity index (χ1v) is 8.53. The smallest absolute Gasteiger partial charge is 0.193 e. The van der Waals surface area contributed by atoms with E-state index in [1.165, 1.54) is 6.42 Å². The molecule has 0 bridgehead atoms. The molecule has 0 aromatic carbocycles. The van der Waals surface area contributed by atoms with Gasteiger partial charge in [0.25, 0.3) is 0 Å². The van der Waals surface area contributed by atoms with Crippen LogP contribution >= 0.6 is 24.0 Å². The van der Waals surface area contributed by atoms with Crippen LogP contribution in [0.1, 0.15) is 39.5 Å². The molecule has 6 heteroatoms. The molecular weight excluding hydrogens is 393 g/mol. The summed E-state index contributed by atoms with van der Waals surface area (Å²) in [5, 5.41) is 13.3. The second kappa shape index (κ2) is 10.6. The van der Waals surface area contributed by atoms with Gasteiger partial charge in [-0.2, -0.15) is 0 Å².